The van der Waals surface area contributed by atoms with Gasteiger partial charge in [-0.3, -0.25) is 9.36 Å². The van der Waals surface area contributed by atoms with Crippen LogP contribution < -0.4 is 0 Å². The van der Waals surface area contributed by atoms with Crippen LogP contribution in [0.5, 0.6) is 5.88 Å². The molecule has 1 unspecified atom stereocenters. The fraction of sp³-hybridized carbons (Fsp3) is 0.250. The van der Waals surface area contributed by atoms with Crippen molar-refractivity contribution in [3.05, 3.63) is 30.3 Å². The molecule has 1 N–H and O–H groups in total. The van der Waals surface area contributed by atoms with Crippen LogP contribution in [0.2, 0.25) is 0 Å². The molecule has 2 aromatic rings. The molecular weight excluding hydrogens is 206 g/mol. The minimum atomic E-state index is -0.516. The molecule has 0 saturated heterocycles. The van der Waals surface area contributed by atoms with E-state index in [0.717, 1.165) is 10.9 Å². The molecule has 84 valence electrons. The van der Waals surface area contributed by atoms with Crippen molar-refractivity contribution >= 4 is 16.9 Å². The van der Waals surface area contributed by atoms with Gasteiger partial charge < -0.3 is 9.84 Å². The lowest BCUT2D eigenvalue weighted by atomic mass is 10.2. The molecular formula is C12H13NO3. The SMILES string of the molecule is CC(=O)OC(C)n1c(O)cc2ccccc21. The summed E-state index contributed by atoms with van der Waals surface area (Å²) in [5.41, 5.74) is 0.841. The zero-order chi connectivity index (χ0) is 11.7. The van der Waals surface area contributed by atoms with Gasteiger partial charge in [-0.25, -0.2) is 0 Å². The maximum Gasteiger partial charge on any atom is 0.304 e. The number of fused-ring (bicyclic) bond motifs is 1. The largest absolute Gasteiger partial charge is 0.494 e. The number of hydrogen-bond acceptors (Lipinski definition) is 3. The van der Waals surface area contributed by atoms with Crippen molar-refractivity contribution in [1.82, 2.24) is 4.57 Å². The van der Waals surface area contributed by atoms with Crippen molar-refractivity contribution in [3.63, 3.8) is 0 Å². The highest BCUT2D eigenvalue weighted by Gasteiger charge is 2.15. The van der Waals surface area contributed by atoms with Gasteiger partial charge in [-0.2, -0.15) is 0 Å². The maximum atomic E-state index is 10.9. The third-order valence-electron chi connectivity index (χ3n) is 2.43. The molecule has 1 aromatic carbocycles. The van der Waals surface area contributed by atoms with Gasteiger partial charge in [0.1, 0.15) is 0 Å². The van der Waals surface area contributed by atoms with Gasteiger partial charge in [0.2, 0.25) is 0 Å². The number of nitrogens with zero attached hydrogens (tertiary/aromatic N) is 1. The van der Waals surface area contributed by atoms with Crippen LogP contribution >= 0.6 is 0 Å². The molecule has 0 fully saturated rings. The second kappa shape index (κ2) is 3.89. The first-order chi connectivity index (χ1) is 7.59. The van der Waals surface area contributed by atoms with E-state index in [4.69, 9.17) is 4.74 Å². The van der Waals surface area contributed by atoms with E-state index >= 15 is 0 Å². The predicted octanol–water partition coefficient (Wildman–Crippen LogP) is 2.43. The van der Waals surface area contributed by atoms with Gasteiger partial charge >= 0.3 is 5.97 Å². The van der Waals surface area contributed by atoms with Crippen molar-refractivity contribution in [1.29, 1.82) is 0 Å². The molecule has 0 spiro atoms. The van der Waals surface area contributed by atoms with E-state index in [1.807, 2.05) is 24.3 Å². The monoisotopic (exact) mass is 219 g/mol. The van der Waals surface area contributed by atoms with Crippen LogP contribution in [0.1, 0.15) is 20.1 Å². The first kappa shape index (κ1) is 10.5. The minimum absolute atomic E-state index is 0.0925. The van der Waals surface area contributed by atoms with Gasteiger partial charge in [-0.05, 0) is 13.0 Å². The summed E-state index contributed by atoms with van der Waals surface area (Å²) in [6.45, 7) is 3.06. The first-order valence-electron chi connectivity index (χ1n) is 5.06. The van der Waals surface area contributed by atoms with Gasteiger partial charge in [0.05, 0.1) is 5.52 Å². The van der Waals surface area contributed by atoms with E-state index in [2.05, 4.69) is 0 Å². The summed E-state index contributed by atoms with van der Waals surface area (Å²) in [6, 6.07) is 9.18. The van der Waals surface area contributed by atoms with Gasteiger partial charge in [0, 0.05) is 18.4 Å². The molecule has 1 atom stereocenters. The Balaban J connectivity index is 2.50. The summed E-state index contributed by atoms with van der Waals surface area (Å²) in [4.78, 5) is 10.9. The predicted molar refractivity (Wildman–Crippen MR) is 60.1 cm³/mol. The van der Waals surface area contributed by atoms with Crippen LogP contribution in [0.15, 0.2) is 30.3 Å². The summed E-state index contributed by atoms with van der Waals surface area (Å²) < 4.78 is 6.63. The molecule has 4 heteroatoms. The minimum Gasteiger partial charge on any atom is -0.494 e. The zero-order valence-corrected chi connectivity index (χ0v) is 9.18. The molecule has 16 heavy (non-hydrogen) atoms. The maximum absolute atomic E-state index is 10.9. The lowest BCUT2D eigenvalue weighted by Crippen LogP contribution is -2.11. The molecule has 1 aromatic heterocycles. The fourth-order valence-electron chi connectivity index (χ4n) is 1.84. The van der Waals surface area contributed by atoms with Crippen molar-refractivity contribution in [3.8, 4) is 5.88 Å². The number of carbonyl (C=O) groups is 1. The number of hydrogen-bond donors (Lipinski definition) is 1. The summed E-state index contributed by atoms with van der Waals surface area (Å²) in [5, 5.41) is 10.7. The van der Waals surface area contributed by atoms with Gasteiger partial charge in [-0.15, -0.1) is 0 Å². The number of rotatable bonds is 2. The van der Waals surface area contributed by atoms with Crippen LogP contribution in [0.25, 0.3) is 10.9 Å². The lowest BCUT2D eigenvalue weighted by molar-refractivity contribution is -0.149. The van der Waals surface area contributed by atoms with Crippen molar-refractivity contribution in [2.75, 3.05) is 0 Å². The van der Waals surface area contributed by atoms with Crippen LogP contribution in [0.4, 0.5) is 0 Å². The third-order valence-corrected chi connectivity index (χ3v) is 2.43. The van der Waals surface area contributed by atoms with Crippen LogP contribution in [0, 0.1) is 0 Å². The van der Waals surface area contributed by atoms with Crippen molar-refractivity contribution in [2.24, 2.45) is 0 Å². The standard InChI is InChI=1S/C12H13NO3/c1-8(16-9(2)14)13-11-6-4-3-5-10(11)7-12(13)15/h3-8,15H,1-2H3. The van der Waals surface area contributed by atoms with E-state index in [1.54, 1.807) is 17.6 Å². The molecule has 0 aliphatic rings. The smallest absolute Gasteiger partial charge is 0.304 e. The molecule has 1 heterocycles. The van der Waals surface area contributed by atoms with E-state index < -0.39 is 6.23 Å². The van der Waals surface area contributed by atoms with Gasteiger partial charge in [0.25, 0.3) is 0 Å². The Morgan fingerprint density at radius 3 is 2.81 bits per heavy atom. The molecule has 0 aliphatic carbocycles. The number of aromatic nitrogens is 1. The van der Waals surface area contributed by atoms with Gasteiger partial charge in [0.15, 0.2) is 12.1 Å². The second-order valence-electron chi connectivity index (χ2n) is 3.64. The summed E-state index contributed by atoms with van der Waals surface area (Å²) in [5.74, 6) is -0.278. The van der Waals surface area contributed by atoms with Crippen molar-refractivity contribution in [2.45, 2.75) is 20.1 Å². The van der Waals surface area contributed by atoms with Crippen molar-refractivity contribution < 1.29 is 14.6 Å². The lowest BCUT2D eigenvalue weighted by Gasteiger charge is -2.15. The normalized spacial score (nSPS) is 12.6. The summed E-state index contributed by atoms with van der Waals surface area (Å²) in [6.07, 6.45) is -0.516. The molecule has 0 aliphatic heterocycles. The van der Waals surface area contributed by atoms with E-state index in [9.17, 15) is 9.90 Å². The Morgan fingerprint density at radius 1 is 1.44 bits per heavy atom. The average molecular weight is 219 g/mol. The van der Waals surface area contributed by atoms with Crippen LogP contribution in [0.3, 0.4) is 0 Å². The first-order valence-corrected chi connectivity index (χ1v) is 5.06. The number of esters is 1. The highest BCUT2D eigenvalue weighted by molar-refractivity contribution is 5.82. The average Bonchev–Trinajstić information content (AvgIpc) is 2.52. The number of ether oxygens (including phenoxy) is 1. The number of benzene rings is 1. The Bertz CT molecular complexity index is 530. The Morgan fingerprint density at radius 2 is 2.12 bits per heavy atom. The van der Waals surface area contributed by atoms with E-state index in [-0.39, 0.29) is 11.8 Å². The quantitative estimate of drug-likeness (QED) is 0.789. The Hall–Kier alpha value is -1.97. The molecule has 0 amide bonds. The number of para-hydroxylation sites is 1. The van der Waals surface area contributed by atoms with Gasteiger partial charge in [-0.1, -0.05) is 18.2 Å². The molecule has 0 bridgehead atoms. The van der Waals surface area contributed by atoms with E-state index in [0.29, 0.717) is 0 Å². The topological polar surface area (TPSA) is 51.5 Å². The summed E-state index contributed by atoms with van der Waals surface area (Å²) >= 11 is 0. The third kappa shape index (κ3) is 1.74. The second-order valence-corrected chi connectivity index (χ2v) is 3.64. The van der Waals surface area contributed by atoms with Crippen LogP contribution in [-0.4, -0.2) is 15.6 Å². The fourth-order valence-corrected chi connectivity index (χ4v) is 1.84. The molecule has 0 radical (unpaired) electrons. The highest BCUT2D eigenvalue weighted by atomic mass is 16.6. The Labute approximate surface area is 93.1 Å². The number of carbonyl (C=O) groups excluding carboxylic acids is 1. The van der Waals surface area contributed by atoms with Crippen LogP contribution in [-0.2, 0) is 9.53 Å². The molecule has 2 rings (SSSR count). The Kier molecular flexibility index (Phi) is 2.56. The van der Waals surface area contributed by atoms with E-state index in [1.165, 1.54) is 6.92 Å². The summed E-state index contributed by atoms with van der Waals surface area (Å²) in [7, 11) is 0. The molecule has 0 saturated carbocycles. The number of aromatic hydroxyl groups is 1. The highest BCUT2D eigenvalue weighted by Crippen LogP contribution is 2.28. The molecule has 4 nitrogen and oxygen atoms in total. The zero-order valence-electron chi connectivity index (χ0n) is 9.18.